The largest absolute Gasteiger partial charge is 0.444 e. The number of nitrogens with zero attached hydrogens (tertiary/aromatic N) is 2. The van der Waals surface area contributed by atoms with E-state index < -0.39 is 0 Å². The van der Waals surface area contributed by atoms with Crippen molar-refractivity contribution < 1.29 is 4.42 Å². The van der Waals surface area contributed by atoms with Crippen LogP contribution in [0.25, 0.3) is 0 Å². The Labute approximate surface area is 98.7 Å². The molecule has 0 aliphatic rings. The minimum Gasteiger partial charge on any atom is -0.444 e. The van der Waals surface area contributed by atoms with E-state index in [2.05, 4.69) is 15.3 Å². The number of nitrogens with one attached hydrogen (secondary N) is 1. The van der Waals surface area contributed by atoms with Gasteiger partial charge in [-0.15, -0.1) is 0 Å². The van der Waals surface area contributed by atoms with Crippen LogP contribution in [0.15, 0.2) is 29.1 Å². The van der Waals surface area contributed by atoms with Crippen molar-refractivity contribution in [2.75, 3.05) is 5.32 Å². The van der Waals surface area contributed by atoms with Crippen molar-refractivity contribution in [3.63, 3.8) is 0 Å². The molecule has 0 bridgehead atoms. The first-order chi connectivity index (χ1) is 7.79. The number of oxazole rings is 1. The lowest BCUT2D eigenvalue weighted by atomic mass is 10.4. The van der Waals surface area contributed by atoms with Crippen molar-refractivity contribution in [2.24, 2.45) is 0 Å². The van der Waals surface area contributed by atoms with Crippen LogP contribution in [-0.2, 0) is 13.0 Å². The normalized spacial score (nSPS) is 10.4. The van der Waals surface area contributed by atoms with E-state index in [0.717, 1.165) is 17.9 Å². The highest BCUT2D eigenvalue weighted by Gasteiger charge is 2.03. The summed E-state index contributed by atoms with van der Waals surface area (Å²) in [6.45, 7) is 2.54. The number of halogens is 1. The molecule has 16 heavy (non-hydrogen) atoms. The van der Waals surface area contributed by atoms with E-state index in [4.69, 9.17) is 16.0 Å². The Morgan fingerprint density at radius 3 is 3.00 bits per heavy atom. The molecule has 1 N–H and O–H groups in total. The van der Waals surface area contributed by atoms with E-state index in [1.54, 1.807) is 18.6 Å². The van der Waals surface area contributed by atoms with Crippen molar-refractivity contribution in [1.29, 1.82) is 0 Å². The molecule has 2 aromatic rings. The van der Waals surface area contributed by atoms with Gasteiger partial charge in [-0.1, -0.05) is 18.5 Å². The van der Waals surface area contributed by atoms with Crippen LogP contribution in [-0.4, -0.2) is 9.97 Å². The molecule has 0 atom stereocenters. The lowest BCUT2D eigenvalue weighted by molar-refractivity contribution is 0.466. The third kappa shape index (κ3) is 2.52. The van der Waals surface area contributed by atoms with Crippen LogP contribution in [0.3, 0.4) is 0 Å². The van der Waals surface area contributed by atoms with Gasteiger partial charge in [0.1, 0.15) is 5.76 Å². The molecule has 0 aliphatic heterocycles. The third-order valence-electron chi connectivity index (χ3n) is 2.15. The predicted molar refractivity (Wildman–Crippen MR) is 62.5 cm³/mol. The maximum absolute atomic E-state index is 5.95. The maximum atomic E-state index is 5.95. The number of hydrogen-bond acceptors (Lipinski definition) is 4. The Morgan fingerprint density at radius 2 is 2.31 bits per heavy atom. The molecule has 0 unspecified atom stereocenters. The summed E-state index contributed by atoms with van der Waals surface area (Å²) in [5, 5.41) is 3.73. The van der Waals surface area contributed by atoms with Gasteiger partial charge in [-0.2, -0.15) is 0 Å². The molecule has 4 nitrogen and oxygen atoms in total. The fourth-order valence-electron chi connectivity index (χ4n) is 1.28. The topological polar surface area (TPSA) is 51.0 Å². The van der Waals surface area contributed by atoms with Gasteiger partial charge in [-0.05, 0) is 6.07 Å². The van der Waals surface area contributed by atoms with Gasteiger partial charge in [0.15, 0.2) is 0 Å². The number of pyridine rings is 1. The number of rotatable bonds is 4. The molecule has 5 heteroatoms. The molecule has 2 aromatic heterocycles. The predicted octanol–water partition coefficient (Wildman–Crippen LogP) is 2.90. The second kappa shape index (κ2) is 4.99. The summed E-state index contributed by atoms with van der Waals surface area (Å²) in [6, 6.07) is 1.81. The highest BCUT2D eigenvalue weighted by atomic mass is 35.5. The zero-order valence-electron chi connectivity index (χ0n) is 8.90. The molecular formula is C11H12ClN3O. The molecule has 0 saturated carbocycles. The van der Waals surface area contributed by atoms with E-state index >= 15 is 0 Å². The fraction of sp³-hybridized carbons (Fsp3) is 0.273. The highest BCUT2D eigenvalue weighted by molar-refractivity contribution is 6.33. The summed E-state index contributed by atoms with van der Waals surface area (Å²) in [7, 11) is 0. The van der Waals surface area contributed by atoms with Gasteiger partial charge in [0.2, 0.25) is 5.89 Å². The number of aromatic nitrogens is 2. The van der Waals surface area contributed by atoms with Gasteiger partial charge in [0.25, 0.3) is 0 Å². The summed E-state index contributed by atoms with van der Waals surface area (Å²) in [5.41, 5.74) is 0.827. The van der Waals surface area contributed by atoms with E-state index in [0.29, 0.717) is 17.5 Å². The first kappa shape index (κ1) is 11.0. The van der Waals surface area contributed by atoms with Gasteiger partial charge in [-0.25, -0.2) is 4.98 Å². The first-order valence-electron chi connectivity index (χ1n) is 5.06. The Bertz CT molecular complexity index is 470. The van der Waals surface area contributed by atoms with Gasteiger partial charge in [0, 0.05) is 18.8 Å². The van der Waals surface area contributed by atoms with Gasteiger partial charge >= 0.3 is 0 Å². The minimum absolute atomic E-state index is 0.518. The second-order valence-corrected chi connectivity index (χ2v) is 3.69. The summed E-state index contributed by atoms with van der Waals surface area (Å²) in [4.78, 5) is 8.05. The van der Waals surface area contributed by atoms with Crippen molar-refractivity contribution in [1.82, 2.24) is 9.97 Å². The Balaban J connectivity index is 1.99. The average Bonchev–Trinajstić information content (AvgIpc) is 2.76. The number of anilines is 1. The Kier molecular flexibility index (Phi) is 3.41. The standard InChI is InChI=1S/C11H12ClN3O/c1-2-8-5-15-11(16-8)7-14-10-3-4-13-6-9(10)12/h3-6H,2,7H2,1H3,(H,13,14). The summed E-state index contributed by atoms with van der Waals surface area (Å²) in [6.07, 6.45) is 5.87. The lowest BCUT2D eigenvalue weighted by Gasteiger charge is -2.04. The van der Waals surface area contributed by atoms with Crippen LogP contribution < -0.4 is 5.32 Å². The SMILES string of the molecule is CCc1cnc(CNc2ccncc2Cl)o1. The summed E-state index contributed by atoms with van der Waals surface area (Å²) >= 11 is 5.95. The summed E-state index contributed by atoms with van der Waals surface area (Å²) in [5.74, 6) is 1.54. The zero-order chi connectivity index (χ0) is 11.4. The molecule has 0 fully saturated rings. The monoisotopic (exact) mass is 237 g/mol. The quantitative estimate of drug-likeness (QED) is 0.888. The molecule has 0 amide bonds. The smallest absolute Gasteiger partial charge is 0.213 e. The Morgan fingerprint density at radius 1 is 1.44 bits per heavy atom. The van der Waals surface area contributed by atoms with Gasteiger partial charge in [0.05, 0.1) is 23.5 Å². The van der Waals surface area contributed by atoms with Crippen LogP contribution in [0.2, 0.25) is 5.02 Å². The fourth-order valence-corrected chi connectivity index (χ4v) is 1.47. The molecule has 2 rings (SSSR count). The summed E-state index contributed by atoms with van der Waals surface area (Å²) < 4.78 is 5.46. The van der Waals surface area contributed by atoms with Crippen LogP contribution in [0.4, 0.5) is 5.69 Å². The van der Waals surface area contributed by atoms with E-state index in [1.165, 1.54) is 0 Å². The van der Waals surface area contributed by atoms with Crippen molar-refractivity contribution >= 4 is 17.3 Å². The molecule has 0 aliphatic carbocycles. The van der Waals surface area contributed by atoms with E-state index in [1.807, 2.05) is 13.0 Å². The van der Waals surface area contributed by atoms with Crippen molar-refractivity contribution in [3.05, 3.63) is 41.3 Å². The zero-order valence-corrected chi connectivity index (χ0v) is 9.66. The van der Waals surface area contributed by atoms with E-state index in [-0.39, 0.29) is 0 Å². The van der Waals surface area contributed by atoms with Crippen LogP contribution in [0, 0.1) is 0 Å². The van der Waals surface area contributed by atoms with Gasteiger partial charge in [-0.3, -0.25) is 4.98 Å². The lowest BCUT2D eigenvalue weighted by Crippen LogP contribution is -2.00. The van der Waals surface area contributed by atoms with Crippen LogP contribution in [0.1, 0.15) is 18.6 Å². The maximum Gasteiger partial charge on any atom is 0.213 e. The van der Waals surface area contributed by atoms with Crippen molar-refractivity contribution in [3.8, 4) is 0 Å². The molecular weight excluding hydrogens is 226 g/mol. The third-order valence-corrected chi connectivity index (χ3v) is 2.45. The average molecular weight is 238 g/mol. The van der Waals surface area contributed by atoms with Crippen LogP contribution >= 0.6 is 11.6 Å². The molecule has 84 valence electrons. The van der Waals surface area contributed by atoms with Crippen molar-refractivity contribution in [2.45, 2.75) is 19.9 Å². The highest BCUT2D eigenvalue weighted by Crippen LogP contribution is 2.19. The second-order valence-electron chi connectivity index (χ2n) is 3.28. The molecule has 0 radical (unpaired) electrons. The molecule has 2 heterocycles. The van der Waals surface area contributed by atoms with Crippen LogP contribution in [0.5, 0.6) is 0 Å². The number of aryl methyl sites for hydroxylation is 1. The first-order valence-corrected chi connectivity index (χ1v) is 5.44. The van der Waals surface area contributed by atoms with E-state index in [9.17, 15) is 0 Å². The molecule has 0 aromatic carbocycles. The van der Waals surface area contributed by atoms with Gasteiger partial charge < -0.3 is 9.73 Å². The minimum atomic E-state index is 0.518. The number of hydrogen-bond donors (Lipinski definition) is 1. The molecule has 0 saturated heterocycles. The molecule has 0 spiro atoms. The Hall–Kier alpha value is -1.55.